The van der Waals surface area contributed by atoms with Crippen molar-refractivity contribution in [1.82, 2.24) is 10.6 Å². The van der Waals surface area contributed by atoms with E-state index >= 15 is 0 Å². The Kier molecular flexibility index (Phi) is 11.5. The lowest BCUT2D eigenvalue weighted by atomic mass is 10.1. The largest absolute Gasteiger partial charge is 0.488 e. The number of nitrogens with one attached hydrogen (secondary N) is 2. The maximum absolute atomic E-state index is 12.2. The highest BCUT2D eigenvalue weighted by Gasteiger charge is 2.19. The second kappa shape index (κ2) is 12.7. The average molecular weight is 538 g/mol. The minimum atomic E-state index is -0.884. The Balaban J connectivity index is 0.00000420. The predicted molar refractivity (Wildman–Crippen MR) is 132 cm³/mol. The van der Waals surface area contributed by atoms with E-state index in [2.05, 4.69) is 35.8 Å². The first-order valence-electron chi connectivity index (χ1n) is 10.0. The first kappa shape index (κ1) is 26.2. The van der Waals surface area contributed by atoms with Gasteiger partial charge in [0.25, 0.3) is 0 Å². The molecular weight excluding hydrogens is 501 g/mol. The average Bonchev–Trinajstić information content (AvgIpc) is 3.13. The molecule has 0 radical (unpaired) electrons. The van der Waals surface area contributed by atoms with E-state index < -0.39 is 10.8 Å². The van der Waals surface area contributed by atoms with E-state index in [1.807, 2.05) is 27.7 Å². The van der Waals surface area contributed by atoms with Crippen molar-refractivity contribution in [3.8, 4) is 5.75 Å². The molecule has 2 N–H and O–H groups in total. The number of aryl methyl sites for hydroxylation is 1. The summed E-state index contributed by atoms with van der Waals surface area (Å²) in [6.45, 7) is 13.4. The van der Waals surface area contributed by atoms with Crippen LogP contribution in [0.3, 0.4) is 0 Å². The second-order valence-corrected chi connectivity index (χ2v) is 10.3. The van der Waals surface area contributed by atoms with Gasteiger partial charge in [-0.2, -0.15) is 0 Å². The maximum atomic E-state index is 12.2. The van der Waals surface area contributed by atoms with Crippen molar-refractivity contribution in [2.24, 2.45) is 4.99 Å². The van der Waals surface area contributed by atoms with E-state index in [0.29, 0.717) is 25.4 Å². The van der Waals surface area contributed by atoms with Crippen LogP contribution >= 0.6 is 24.0 Å². The normalized spacial score (nSPS) is 18.1. The van der Waals surface area contributed by atoms with Gasteiger partial charge in [-0.1, -0.05) is 12.1 Å². The molecule has 0 amide bonds. The first-order chi connectivity index (χ1) is 13.3. The highest BCUT2D eigenvalue weighted by molar-refractivity contribution is 14.0. The van der Waals surface area contributed by atoms with Crippen LogP contribution in [0.5, 0.6) is 5.75 Å². The van der Waals surface area contributed by atoms with Crippen LogP contribution in [-0.4, -0.2) is 53.1 Å². The molecule has 6 nitrogen and oxygen atoms in total. The van der Waals surface area contributed by atoms with Gasteiger partial charge in [0, 0.05) is 46.4 Å². The van der Waals surface area contributed by atoms with Gasteiger partial charge in [-0.3, -0.25) is 4.21 Å². The number of hydrogen-bond donors (Lipinski definition) is 2. The zero-order valence-corrected chi connectivity index (χ0v) is 21.4. The molecule has 1 aromatic carbocycles. The fourth-order valence-corrected chi connectivity index (χ4v) is 3.66. The van der Waals surface area contributed by atoms with Gasteiger partial charge in [-0.05, 0) is 46.2 Å². The Labute approximate surface area is 195 Å². The molecule has 2 atom stereocenters. The summed E-state index contributed by atoms with van der Waals surface area (Å²) in [5.41, 5.74) is 2.21. The van der Waals surface area contributed by atoms with Crippen LogP contribution in [0.2, 0.25) is 0 Å². The molecular formula is C21H36IN3O3S. The van der Waals surface area contributed by atoms with E-state index in [1.54, 1.807) is 0 Å². The topological polar surface area (TPSA) is 72.0 Å². The lowest BCUT2D eigenvalue weighted by Crippen LogP contribution is -2.40. The smallest absolute Gasteiger partial charge is 0.191 e. The third kappa shape index (κ3) is 9.21. The fraction of sp³-hybridized carbons (Fsp3) is 0.667. The van der Waals surface area contributed by atoms with Gasteiger partial charge < -0.3 is 20.1 Å². The Bertz CT molecular complexity index is 686. The number of rotatable bonds is 8. The molecule has 2 unspecified atom stereocenters. The van der Waals surface area contributed by atoms with Crippen molar-refractivity contribution < 1.29 is 13.7 Å². The van der Waals surface area contributed by atoms with Crippen LogP contribution in [0, 0.1) is 6.92 Å². The van der Waals surface area contributed by atoms with E-state index in [1.165, 1.54) is 0 Å². The number of benzene rings is 1. The molecule has 2 rings (SSSR count). The molecule has 8 heteroatoms. The minimum Gasteiger partial charge on any atom is -0.488 e. The predicted octanol–water partition coefficient (Wildman–Crippen LogP) is 3.38. The van der Waals surface area contributed by atoms with Gasteiger partial charge in [0.15, 0.2) is 5.96 Å². The molecule has 1 aromatic rings. The highest BCUT2D eigenvalue weighted by Crippen LogP contribution is 2.24. The molecule has 1 aliphatic heterocycles. The molecule has 166 valence electrons. The summed E-state index contributed by atoms with van der Waals surface area (Å²) in [7, 11) is -0.884. The van der Waals surface area contributed by atoms with E-state index in [0.717, 1.165) is 42.4 Å². The first-order valence-corrected chi connectivity index (χ1v) is 11.4. The lowest BCUT2D eigenvalue weighted by Gasteiger charge is -2.19. The van der Waals surface area contributed by atoms with Gasteiger partial charge in [-0.15, -0.1) is 24.0 Å². The van der Waals surface area contributed by atoms with Crippen LogP contribution in [0.1, 0.15) is 45.2 Å². The van der Waals surface area contributed by atoms with Crippen molar-refractivity contribution in [3.63, 3.8) is 0 Å². The summed E-state index contributed by atoms with van der Waals surface area (Å²) < 4.78 is 23.6. The quantitative estimate of drug-likeness (QED) is 0.302. The molecule has 0 saturated carbocycles. The van der Waals surface area contributed by atoms with Gasteiger partial charge in [0.1, 0.15) is 11.9 Å². The molecule has 1 saturated heterocycles. The zero-order chi connectivity index (χ0) is 20.6. The number of guanidine groups is 1. The summed E-state index contributed by atoms with van der Waals surface area (Å²) in [4.78, 5) is 4.69. The molecule has 0 bridgehead atoms. The summed E-state index contributed by atoms with van der Waals surface area (Å²) in [6, 6.07) is 6.22. The minimum absolute atomic E-state index is 0. The summed E-state index contributed by atoms with van der Waals surface area (Å²) in [5.74, 6) is 2.20. The van der Waals surface area contributed by atoms with E-state index in [4.69, 9.17) is 14.5 Å². The van der Waals surface area contributed by atoms with Crippen molar-refractivity contribution in [1.29, 1.82) is 0 Å². The number of hydrogen-bond acceptors (Lipinski definition) is 4. The molecule has 1 fully saturated rings. The SMILES string of the molecule is CCNC(=NCc1ccc(C)cc1OC1CCOC1)NCCS(=O)C(C)(C)C.I. The third-order valence-corrected chi connectivity index (χ3v) is 6.36. The third-order valence-electron chi connectivity index (χ3n) is 4.42. The number of ether oxygens (including phenoxy) is 2. The Morgan fingerprint density at radius 3 is 2.72 bits per heavy atom. The molecule has 0 aromatic heterocycles. The molecule has 1 heterocycles. The standard InChI is InChI=1S/C21H35N3O3S.HI/c1-6-22-20(23-10-12-28(25)21(3,4)5)24-14-17-8-7-16(2)13-19(17)27-18-9-11-26-15-18;/h7-8,13,18H,6,9-12,14-15H2,1-5H3,(H2,22,23,24);1H. The van der Waals surface area contributed by atoms with Crippen LogP contribution in [0.15, 0.2) is 23.2 Å². The van der Waals surface area contributed by atoms with Crippen LogP contribution < -0.4 is 15.4 Å². The number of nitrogens with zero attached hydrogens (tertiary/aromatic N) is 1. The molecule has 1 aliphatic rings. The Morgan fingerprint density at radius 2 is 2.10 bits per heavy atom. The zero-order valence-electron chi connectivity index (χ0n) is 18.2. The van der Waals surface area contributed by atoms with E-state index in [-0.39, 0.29) is 34.8 Å². The van der Waals surface area contributed by atoms with Crippen LogP contribution in [-0.2, 0) is 22.1 Å². The molecule has 0 spiro atoms. The monoisotopic (exact) mass is 537 g/mol. The fourth-order valence-electron chi connectivity index (χ4n) is 2.76. The molecule has 0 aliphatic carbocycles. The van der Waals surface area contributed by atoms with Crippen molar-refractivity contribution in [3.05, 3.63) is 29.3 Å². The summed E-state index contributed by atoms with van der Waals surface area (Å²) >= 11 is 0. The highest BCUT2D eigenvalue weighted by atomic mass is 127. The Morgan fingerprint density at radius 1 is 1.34 bits per heavy atom. The van der Waals surface area contributed by atoms with Gasteiger partial charge in [0.05, 0.1) is 19.8 Å². The van der Waals surface area contributed by atoms with Gasteiger partial charge in [0.2, 0.25) is 0 Å². The maximum Gasteiger partial charge on any atom is 0.191 e. The van der Waals surface area contributed by atoms with Crippen LogP contribution in [0.4, 0.5) is 0 Å². The number of halogens is 1. The second-order valence-electron chi connectivity index (χ2n) is 8.00. The van der Waals surface area contributed by atoms with Crippen molar-refractivity contribution >= 4 is 40.7 Å². The number of aliphatic imine (C=N–C) groups is 1. The summed E-state index contributed by atoms with van der Waals surface area (Å²) in [5, 5.41) is 6.53. The van der Waals surface area contributed by atoms with Crippen molar-refractivity contribution in [2.45, 2.75) is 58.4 Å². The molecule has 29 heavy (non-hydrogen) atoms. The van der Waals surface area contributed by atoms with Gasteiger partial charge in [-0.25, -0.2) is 4.99 Å². The summed E-state index contributed by atoms with van der Waals surface area (Å²) in [6.07, 6.45) is 1.04. The van der Waals surface area contributed by atoms with Crippen molar-refractivity contribution in [2.75, 3.05) is 32.1 Å². The Hall–Kier alpha value is -0.870. The van der Waals surface area contributed by atoms with Crippen LogP contribution in [0.25, 0.3) is 0 Å². The van der Waals surface area contributed by atoms with Gasteiger partial charge >= 0.3 is 0 Å². The lowest BCUT2D eigenvalue weighted by molar-refractivity contribution is 0.140. The van der Waals surface area contributed by atoms with E-state index in [9.17, 15) is 4.21 Å².